The maximum absolute atomic E-state index is 5.40. The molecule has 1 unspecified atom stereocenters. The maximum Gasteiger partial charge on any atom is 0.0722 e. The van der Waals surface area contributed by atoms with E-state index in [2.05, 4.69) is 47.3 Å². The van der Waals surface area contributed by atoms with E-state index < -0.39 is 0 Å². The number of nitrogens with one attached hydrogen (secondary N) is 1. The standard InChI is InChI=1S/C17H26N2O/c1-14(20-3)12-19-13-15(8-6-7-11-18-2)16-9-4-5-10-17(16)19/h4-5,9-10,13-14,18H,6-8,11-12H2,1-3H3. The van der Waals surface area contributed by atoms with Crippen molar-refractivity contribution in [2.24, 2.45) is 0 Å². The van der Waals surface area contributed by atoms with Crippen LogP contribution < -0.4 is 5.32 Å². The number of unbranched alkanes of at least 4 members (excludes halogenated alkanes) is 1. The van der Waals surface area contributed by atoms with Crippen molar-refractivity contribution in [3.05, 3.63) is 36.0 Å². The average Bonchev–Trinajstić information content (AvgIpc) is 2.82. The zero-order chi connectivity index (χ0) is 14.4. The van der Waals surface area contributed by atoms with Crippen molar-refractivity contribution in [3.63, 3.8) is 0 Å². The van der Waals surface area contributed by atoms with E-state index >= 15 is 0 Å². The van der Waals surface area contributed by atoms with E-state index in [4.69, 9.17) is 4.74 Å². The molecule has 3 nitrogen and oxygen atoms in total. The Morgan fingerprint density at radius 1 is 1.25 bits per heavy atom. The monoisotopic (exact) mass is 274 g/mol. The summed E-state index contributed by atoms with van der Waals surface area (Å²) in [6.45, 7) is 4.12. The van der Waals surface area contributed by atoms with Crippen molar-refractivity contribution in [1.29, 1.82) is 0 Å². The molecule has 0 spiro atoms. The van der Waals surface area contributed by atoms with Gasteiger partial charge in [-0.05, 0) is 51.4 Å². The third-order valence-electron chi connectivity index (χ3n) is 3.85. The Bertz CT molecular complexity index is 533. The van der Waals surface area contributed by atoms with Gasteiger partial charge in [0.25, 0.3) is 0 Å². The van der Waals surface area contributed by atoms with Gasteiger partial charge in [-0.15, -0.1) is 0 Å². The van der Waals surface area contributed by atoms with Gasteiger partial charge in [-0.1, -0.05) is 18.2 Å². The van der Waals surface area contributed by atoms with Gasteiger partial charge in [0.05, 0.1) is 6.10 Å². The molecule has 20 heavy (non-hydrogen) atoms. The van der Waals surface area contributed by atoms with E-state index in [1.54, 1.807) is 7.11 Å². The number of nitrogens with zero attached hydrogens (tertiary/aromatic N) is 1. The highest BCUT2D eigenvalue weighted by molar-refractivity contribution is 5.84. The second kappa shape index (κ2) is 7.46. The topological polar surface area (TPSA) is 26.2 Å². The molecule has 0 amide bonds. The molecule has 110 valence electrons. The van der Waals surface area contributed by atoms with E-state index in [1.807, 2.05) is 7.05 Å². The summed E-state index contributed by atoms with van der Waals surface area (Å²) in [6, 6.07) is 8.68. The summed E-state index contributed by atoms with van der Waals surface area (Å²) in [5.74, 6) is 0. The van der Waals surface area contributed by atoms with Crippen LogP contribution in [0.15, 0.2) is 30.5 Å². The molecule has 1 heterocycles. The summed E-state index contributed by atoms with van der Waals surface area (Å²) >= 11 is 0. The number of rotatable bonds is 8. The molecule has 2 aromatic rings. The van der Waals surface area contributed by atoms with Crippen LogP contribution in [0.3, 0.4) is 0 Å². The minimum atomic E-state index is 0.239. The van der Waals surface area contributed by atoms with Crippen LogP contribution in [0.2, 0.25) is 0 Å². The zero-order valence-electron chi connectivity index (χ0n) is 12.9. The third-order valence-corrected chi connectivity index (χ3v) is 3.85. The molecule has 1 N–H and O–H groups in total. The fraction of sp³-hybridized carbons (Fsp3) is 0.529. The van der Waals surface area contributed by atoms with E-state index in [9.17, 15) is 0 Å². The second-order valence-corrected chi connectivity index (χ2v) is 5.43. The van der Waals surface area contributed by atoms with Gasteiger partial charge in [-0.3, -0.25) is 0 Å². The first kappa shape index (κ1) is 15.1. The molecular weight excluding hydrogens is 248 g/mol. The van der Waals surface area contributed by atoms with Gasteiger partial charge < -0.3 is 14.6 Å². The number of benzene rings is 1. The highest BCUT2D eigenvalue weighted by atomic mass is 16.5. The third kappa shape index (κ3) is 3.62. The number of aryl methyl sites for hydroxylation is 1. The van der Waals surface area contributed by atoms with E-state index in [-0.39, 0.29) is 6.10 Å². The first-order chi connectivity index (χ1) is 9.76. The molecule has 0 saturated carbocycles. The van der Waals surface area contributed by atoms with E-state index in [1.165, 1.54) is 29.3 Å². The highest BCUT2D eigenvalue weighted by Crippen LogP contribution is 2.23. The Balaban J connectivity index is 2.17. The SMILES string of the molecule is CNCCCCc1cn(CC(C)OC)c2ccccc12. The minimum Gasteiger partial charge on any atom is -0.380 e. The lowest BCUT2D eigenvalue weighted by Gasteiger charge is -2.11. The van der Waals surface area contributed by atoms with Crippen molar-refractivity contribution in [1.82, 2.24) is 9.88 Å². The molecule has 3 heteroatoms. The molecular formula is C17H26N2O. The quantitative estimate of drug-likeness (QED) is 0.748. The van der Waals surface area contributed by atoms with Crippen LogP contribution in [0.5, 0.6) is 0 Å². The first-order valence-electron chi connectivity index (χ1n) is 7.50. The number of hydrogen-bond donors (Lipinski definition) is 1. The molecule has 0 fully saturated rings. The molecule has 0 saturated heterocycles. The van der Waals surface area contributed by atoms with Gasteiger partial charge in [-0.2, -0.15) is 0 Å². The van der Waals surface area contributed by atoms with Gasteiger partial charge in [-0.25, -0.2) is 0 Å². The largest absolute Gasteiger partial charge is 0.380 e. The average molecular weight is 274 g/mol. The molecule has 0 radical (unpaired) electrons. The van der Waals surface area contributed by atoms with Gasteiger partial charge in [0.15, 0.2) is 0 Å². The normalized spacial score (nSPS) is 12.9. The second-order valence-electron chi connectivity index (χ2n) is 5.43. The van der Waals surface area contributed by atoms with E-state index in [0.717, 1.165) is 19.5 Å². The van der Waals surface area contributed by atoms with Gasteiger partial charge >= 0.3 is 0 Å². The zero-order valence-corrected chi connectivity index (χ0v) is 12.9. The van der Waals surface area contributed by atoms with Crippen LogP contribution in [0.1, 0.15) is 25.3 Å². The lowest BCUT2D eigenvalue weighted by Crippen LogP contribution is -2.13. The van der Waals surface area contributed by atoms with Crippen molar-refractivity contribution in [2.45, 2.75) is 38.8 Å². The van der Waals surface area contributed by atoms with Gasteiger partial charge in [0.1, 0.15) is 0 Å². The van der Waals surface area contributed by atoms with Crippen LogP contribution in [-0.4, -0.2) is 31.4 Å². The Hall–Kier alpha value is -1.32. The molecule has 2 rings (SSSR count). The van der Waals surface area contributed by atoms with Crippen molar-refractivity contribution in [2.75, 3.05) is 20.7 Å². The van der Waals surface area contributed by atoms with Crippen LogP contribution in [0.25, 0.3) is 10.9 Å². The summed E-state index contributed by atoms with van der Waals surface area (Å²) in [5.41, 5.74) is 2.78. The molecule has 1 atom stereocenters. The van der Waals surface area contributed by atoms with E-state index in [0.29, 0.717) is 0 Å². The summed E-state index contributed by atoms with van der Waals surface area (Å²) in [6.07, 6.45) is 6.15. The minimum absolute atomic E-state index is 0.239. The highest BCUT2D eigenvalue weighted by Gasteiger charge is 2.09. The summed E-state index contributed by atoms with van der Waals surface area (Å²) in [4.78, 5) is 0. The van der Waals surface area contributed by atoms with Crippen molar-refractivity contribution < 1.29 is 4.74 Å². The summed E-state index contributed by atoms with van der Waals surface area (Å²) in [7, 11) is 3.78. The van der Waals surface area contributed by atoms with Gasteiger partial charge in [0, 0.05) is 30.8 Å². The van der Waals surface area contributed by atoms with Crippen LogP contribution in [-0.2, 0) is 17.7 Å². The van der Waals surface area contributed by atoms with Gasteiger partial charge in [0.2, 0.25) is 0 Å². The van der Waals surface area contributed by atoms with Crippen LogP contribution in [0.4, 0.5) is 0 Å². The molecule has 0 aliphatic heterocycles. The number of ether oxygens (including phenoxy) is 1. The number of aromatic nitrogens is 1. The maximum atomic E-state index is 5.40. The number of hydrogen-bond acceptors (Lipinski definition) is 2. The predicted molar refractivity (Wildman–Crippen MR) is 85.3 cm³/mol. The molecule has 0 aliphatic rings. The molecule has 1 aromatic carbocycles. The molecule has 1 aromatic heterocycles. The Kier molecular flexibility index (Phi) is 5.62. The first-order valence-corrected chi connectivity index (χ1v) is 7.50. The summed E-state index contributed by atoms with van der Waals surface area (Å²) in [5, 5.41) is 4.60. The number of fused-ring (bicyclic) bond motifs is 1. The lowest BCUT2D eigenvalue weighted by atomic mass is 10.1. The van der Waals surface area contributed by atoms with Crippen molar-refractivity contribution in [3.8, 4) is 0 Å². The fourth-order valence-electron chi connectivity index (χ4n) is 2.64. The Morgan fingerprint density at radius 3 is 2.80 bits per heavy atom. The molecule has 0 bridgehead atoms. The Labute approximate surface area is 121 Å². The molecule has 0 aliphatic carbocycles. The number of methoxy groups -OCH3 is 1. The van der Waals surface area contributed by atoms with Crippen molar-refractivity contribution >= 4 is 10.9 Å². The Morgan fingerprint density at radius 2 is 2.05 bits per heavy atom. The fourth-order valence-corrected chi connectivity index (χ4v) is 2.64. The summed E-state index contributed by atoms with van der Waals surface area (Å²) < 4.78 is 7.73. The predicted octanol–water partition coefficient (Wildman–Crippen LogP) is 3.22. The lowest BCUT2D eigenvalue weighted by molar-refractivity contribution is 0.104. The smallest absolute Gasteiger partial charge is 0.0722 e. The van der Waals surface area contributed by atoms with Crippen LogP contribution >= 0.6 is 0 Å². The van der Waals surface area contributed by atoms with Crippen LogP contribution in [0, 0.1) is 0 Å². The number of para-hydroxylation sites is 1.